The molecule has 1 spiro atoms. The average Bonchev–Trinajstić information content (AvgIpc) is 2.34. The maximum atomic E-state index is 5.36. The third-order valence-electron chi connectivity index (χ3n) is 3.12. The van der Waals surface area contributed by atoms with Crippen LogP contribution in [0.25, 0.3) is 0 Å². The highest BCUT2D eigenvalue weighted by atomic mass is 16.5. The van der Waals surface area contributed by atoms with E-state index in [2.05, 4.69) is 12.2 Å². The van der Waals surface area contributed by atoms with Crippen LogP contribution < -0.4 is 5.32 Å². The summed E-state index contributed by atoms with van der Waals surface area (Å²) in [5, 5.41) is 3.52. The van der Waals surface area contributed by atoms with Crippen LogP contribution in [0.3, 0.4) is 0 Å². The van der Waals surface area contributed by atoms with Gasteiger partial charge in [0.2, 0.25) is 0 Å². The molecule has 11 heavy (non-hydrogen) atoms. The Labute approximate surface area is 68.3 Å². The van der Waals surface area contributed by atoms with Crippen molar-refractivity contribution in [1.82, 2.24) is 5.32 Å². The maximum Gasteiger partial charge on any atom is 0.0471 e. The molecule has 2 heteroatoms. The number of nitrogens with one attached hydrogen (secondary N) is 1. The van der Waals surface area contributed by atoms with Crippen molar-refractivity contribution < 1.29 is 4.74 Å². The van der Waals surface area contributed by atoms with Crippen LogP contribution >= 0.6 is 0 Å². The summed E-state index contributed by atoms with van der Waals surface area (Å²) in [6, 6.07) is 0.730. The van der Waals surface area contributed by atoms with Crippen molar-refractivity contribution in [2.75, 3.05) is 19.8 Å². The van der Waals surface area contributed by atoms with Crippen LogP contribution in [0.15, 0.2) is 0 Å². The topological polar surface area (TPSA) is 21.3 Å². The summed E-state index contributed by atoms with van der Waals surface area (Å²) < 4.78 is 5.36. The molecule has 2 aliphatic rings. The maximum absolute atomic E-state index is 5.36. The van der Waals surface area contributed by atoms with Crippen LogP contribution in [0.2, 0.25) is 0 Å². The molecule has 1 N–H and O–H groups in total. The van der Waals surface area contributed by atoms with Gasteiger partial charge >= 0.3 is 0 Å². The van der Waals surface area contributed by atoms with E-state index in [1.807, 2.05) is 0 Å². The summed E-state index contributed by atoms with van der Waals surface area (Å²) in [4.78, 5) is 0. The minimum Gasteiger partial charge on any atom is -0.381 e. The molecule has 0 unspecified atom stereocenters. The minimum absolute atomic E-state index is 0.609. The highest BCUT2D eigenvalue weighted by Gasteiger charge is 2.38. The first-order valence-electron chi connectivity index (χ1n) is 4.62. The van der Waals surface area contributed by atoms with Gasteiger partial charge in [0.05, 0.1) is 0 Å². The number of ether oxygens (including phenoxy) is 1. The molecular weight excluding hydrogens is 138 g/mol. The van der Waals surface area contributed by atoms with Crippen LogP contribution in [0.4, 0.5) is 0 Å². The van der Waals surface area contributed by atoms with Crippen molar-refractivity contribution >= 4 is 0 Å². The summed E-state index contributed by atoms with van der Waals surface area (Å²) >= 11 is 0. The molecule has 0 aromatic carbocycles. The normalized spacial score (nSPS) is 36.3. The highest BCUT2D eigenvalue weighted by Crippen LogP contribution is 2.38. The molecule has 2 saturated heterocycles. The Hall–Kier alpha value is -0.0800. The molecule has 2 fully saturated rings. The summed E-state index contributed by atoms with van der Waals surface area (Å²) in [5.74, 6) is 0. The van der Waals surface area contributed by atoms with Gasteiger partial charge in [0.25, 0.3) is 0 Å². The molecule has 0 aromatic rings. The molecule has 64 valence electrons. The van der Waals surface area contributed by atoms with Gasteiger partial charge in [-0.2, -0.15) is 0 Å². The third kappa shape index (κ3) is 1.42. The van der Waals surface area contributed by atoms with Crippen molar-refractivity contribution in [2.24, 2.45) is 5.41 Å². The van der Waals surface area contributed by atoms with Gasteiger partial charge in [0, 0.05) is 25.8 Å². The van der Waals surface area contributed by atoms with Crippen LogP contribution in [0, 0.1) is 5.41 Å². The molecular formula is C9H17NO. The molecule has 2 nitrogen and oxygen atoms in total. The zero-order valence-corrected chi connectivity index (χ0v) is 7.23. The van der Waals surface area contributed by atoms with E-state index in [-0.39, 0.29) is 0 Å². The van der Waals surface area contributed by atoms with E-state index in [4.69, 9.17) is 4.74 Å². The largest absolute Gasteiger partial charge is 0.381 e. The molecule has 0 aromatic heterocycles. The van der Waals surface area contributed by atoms with Crippen molar-refractivity contribution in [3.63, 3.8) is 0 Å². The average molecular weight is 155 g/mol. The molecule has 0 amide bonds. The quantitative estimate of drug-likeness (QED) is 0.567. The first-order chi connectivity index (χ1) is 5.31. The fraction of sp³-hybridized carbons (Fsp3) is 1.00. The van der Waals surface area contributed by atoms with Gasteiger partial charge < -0.3 is 10.1 Å². The van der Waals surface area contributed by atoms with E-state index >= 15 is 0 Å². The lowest BCUT2D eigenvalue weighted by atomic mass is 9.78. The predicted molar refractivity (Wildman–Crippen MR) is 44.6 cm³/mol. The molecule has 2 rings (SSSR count). The van der Waals surface area contributed by atoms with E-state index < -0.39 is 0 Å². The van der Waals surface area contributed by atoms with Crippen LogP contribution in [-0.2, 0) is 4.74 Å². The second-order valence-corrected chi connectivity index (χ2v) is 4.10. The molecule has 0 aliphatic carbocycles. The fourth-order valence-corrected chi connectivity index (χ4v) is 2.37. The summed E-state index contributed by atoms with van der Waals surface area (Å²) in [6.45, 7) is 5.46. The first kappa shape index (κ1) is 7.56. The Balaban J connectivity index is 1.98. The molecule has 1 atom stereocenters. The van der Waals surface area contributed by atoms with E-state index in [1.165, 1.54) is 25.8 Å². The Kier molecular flexibility index (Phi) is 1.90. The Bertz CT molecular complexity index is 135. The Morgan fingerprint density at radius 2 is 2.09 bits per heavy atom. The molecule has 0 bridgehead atoms. The van der Waals surface area contributed by atoms with Gasteiger partial charge in [0.1, 0.15) is 0 Å². The summed E-state index contributed by atoms with van der Waals surface area (Å²) in [6.07, 6.45) is 3.89. The van der Waals surface area contributed by atoms with Gasteiger partial charge in [-0.15, -0.1) is 0 Å². The van der Waals surface area contributed by atoms with Crippen molar-refractivity contribution in [2.45, 2.75) is 32.2 Å². The lowest BCUT2D eigenvalue weighted by Gasteiger charge is -2.32. The van der Waals surface area contributed by atoms with Crippen molar-refractivity contribution in [3.05, 3.63) is 0 Å². The number of rotatable bonds is 0. The van der Waals surface area contributed by atoms with Crippen molar-refractivity contribution in [3.8, 4) is 0 Å². The van der Waals surface area contributed by atoms with Crippen LogP contribution in [0.5, 0.6) is 0 Å². The summed E-state index contributed by atoms with van der Waals surface area (Å²) in [5.41, 5.74) is 0.609. The van der Waals surface area contributed by atoms with E-state index in [1.54, 1.807) is 0 Å². The van der Waals surface area contributed by atoms with Crippen molar-refractivity contribution in [1.29, 1.82) is 0 Å². The predicted octanol–water partition coefficient (Wildman–Crippen LogP) is 1.17. The lowest BCUT2D eigenvalue weighted by Crippen LogP contribution is -2.31. The monoisotopic (exact) mass is 155 g/mol. The zero-order valence-electron chi connectivity index (χ0n) is 7.23. The van der Waals surface area contributed by atoms with Crippen LogP contribution in [0.1, 0.15) is 26.2 Å². The number of hydrogen-bond donors (Lipinski definition) is 1. The number of hydrogen-bond acceptors (Lipinski definition) is 2. The van der Waals surface area contributed by atoms with Gasteiger partial charge in [-0.05, 0) is 31.6 Å². The zero-order chi connectivity index (χ0) is 7.73. The van der Waals surface area contributed by atoms with Gasteiger partial charge in [-0.1, -0.05) is 0 Å². The first-order valence-corrected chi connectivity index (χ1v) is 4.62. The molecule has 0 radical (unpaired) electrons. The van der Waals surface area contributed by atoms with Gasteiger partial charge in [0.15, 0.2) is 0 Å². The molecule has 2 heterocycles. The molecule has 2 aliphatic heterocycles. The van der Waals surface area contributed by atoms with E-state index in [9.17, 15) is 0 Å². The Morgan fingerprint density at radius 3 is 2.64 bits per heavy atom. The van der Waals surface area contributed by atoms with Gasteiger partial charge in [-0.25, -0.2) is 0 Å². The third-order valence-corrected chi connectivity index (χ3v) is 3.12. The van der Waals surface area contributed by atoms with Gasteiger partial charge in [-0.3, -0.25) is 0 Å². The lowest BCUT2D eigenvalue weighted by molar-refractivity contribution is 0.0236. The fourth-order valence-electron chi connectivity index (χ4n) is 2.37. The summed E-state index contributed by atoms with van der Waals surface area (Å²) in [7, 11) is 0. The SMILES string of the molecule is C[C@H]1CC2(CCOCC2)CN1. The highest BCUT2D eigenvalue weighted by molar-refractivity contribution is 4.93. The van der Waals surface area contributed by atoms with Crippen LogP contribution in [-0.4, -0.2) is 25.8 Å². The standard InChI is InChI=1S/C9H17NO/c1-8-6-9(7-10-8)2-4-11-5-3-9/h8,10H,2-7H2,1H3/t8-/m0/s1. The van der Waals surface area contributed by atoms with E-state index in [0.29, 0.717) is 5.41 Å². The smallest absolute Gasteiger partial charge is 0.0471 e. The second kappa shape index (κ2) is 2.76. The van der Waals surface area contributed by atoms with E-state index in [0.717, 1.165) is 19.3 Å². The Morgan fingerprint density at radius 1 is 1.36 bits per heavy atom. The second-order valence-electron chi connectivity index (χ2n) is 4.10. The molecule has 0 saturated carbocycles. The minimum atomic E-state index is 0.609.